The van der Waals surface area contributed by atoms with Crippen LogP contribution in [0.2, 0.25) is 0 Å². The Kier molecular flexibility index (Phi) is 6.83. The Morgan fingerprint density at radius 1 is 1.25 bits per heavy atom. The van der Waals surface area contributed by atoms with Gasteiger partial charge in [-0.3, -0.25) is 0 Å². The monoisotopic (exact) mass is 243 g/mol. The van der Waals surface area contributed by atoms with Crippen molar-refractivity contribution in [3.05, 3.63) is 0 Å². The van der Waals surface area contributed by atoms with Crippen LogP contribution < -0.4 is 5.73 Å². The van der Waals surface area contributed by atoms with E-state index >= 15 is 0 Å². The largest absolute Gasteiger partial charge is 0.327 e. The molecule has 96 valence electrons. The van der Waals surface area contributed by atoms with Crippen molar-refractivity contribution in [3.63, 3.8) is 0 Å². The molecule has 2 N–H and O–H groups in total. The van der Waals surface area contributed by atoms with Gasteiger partial charge in [0.25, 0.3) is 0 Å². The molecular formula is C14H29NS. The summed E-state index contributed by atoms with van der Waals surface area (Å²) in [5, 5.41) is 0. The minimum atomic E-state index is 0.443. The fourth-order valence-corrected chi connectivity index (χ4v) is 3.82. The molecule has 1 rings (SSSR count). The standard InChI is InChI=1S/C14H29NS/c1-4-12-6-5-7-13(8-12)14(15)10-16-9-11(2)3/h11-14H,4-10,15H2,1-3H3. The molecule has 0 aliphatic heterocycles. The van der Waals surface area contributed by atoms with Crippen LogP contribution in [0.4, 0.5) is 0 Å². The van der Waals surface area contributed by atoms with Gasteiger partial charge in [-0.15, -0.1) is 0 Å². The topological polar surface area (TPSA) is 26.0 Å². The highest BCUT2D eigenvalue weighted by Crippen LogP contribution is 2.33. The Labute approximate surface area is 106 Å². The summed E-state index contributed by atoms with van der Waals surface area (Å²) in [5.41, 5.74) is 6.33. The first-order valence-electron chi connectivity index (χ1n) is 6.96. The molecule has 0 bridgehead atoms. The third-order valence-corrected chi connectivity index (χ3v) is 5.29. The lowest BCUT2D eigenvalue weighted by Crippen LogP contribution is -2.35. The van der Waals surface area contributed by atoms with Crippen LogP contribution in [0.3, 0.4) is 0 Å². The normalized spacial score (nSPS) is 28.3. The fraction of sp³-hybridized carbons (Fsp3) is 1.00. The second-order valence-electron chi connectivity index (χ2n) is 5.80. The molecule has 0 aromatic heterocycles. The summed E-state index contributed by atoms with van der Waals surface area (Å²) < 4.78 is 0. The third-order valence-electron chi connectivity index (χ3n) is 3.77. The van der Waals surface area contributed by atoms with Gasteiger partial charge in [-0.2, -0.15) is 11.8 Å². The van der Waals surface area contributed by atoms with Gasteiger partial charge in [-0.05, 0) is 36.3 Å². The molecule has 1 fully saturated rings. The number of nitrogens with two attached hydrogens (primary N) is 1. The lowest BCUT2D eigenvalue weighted by Gasteiger charge is -2.32. The molecule has 0 spiro atoms. The van der Waals surface area contributed by atoms with Crippen LogP contribution in [-0.4, -0.2) is 17.5 Å². The Bertz CT molecular complexity index is 182. The Hall–Kier alpha value is 0.310. The van der Waals surface area contributed by atoms with E-state index in [9.17, 15) is 0 Å². The molecule has 1 nitrogen and oxygen atoms in total. The van der Waals surface area contributed by atoms with Crippen LogP contribution in [0.5, 0.6) is 0 Å². The smallest absolute Gasteiger partial charge is 0.0159 e. The van der Waals surface area contributed by atoms with E-state index in [2.05, 4.69) is 20.8 Å². The zero-order chi connectivity index (χ0) is 12.0. The van der Waals surface area contributed by atoms with Crippen molar-refractivity contribution < 1.29 is 0 Å². The lowest BCUT2D eigenvalue weighted by molar-refractivity contribution is 0.238. The highest BCUT2D eigenvalue weighted by Gasteiger charge is 2.25. The van der Waals surface area contributed by atoms with Crippen LogP contribution in [0.25, 0.3) is 0 Å². The van der Waals surface area contributed by atoms with Gasteiger partial charge >= 0.3 is 0 Å². The highest BCUT2D eigenvalue weighted by molar-refractivity contribution is 7.99. The van der Waals surface area contributed by atoms with Gasteiger partial charge in [0.2, 0.25) is 0 Å². The van der Waals surface area contributed by atoms with E-state index in [0.29, 0.717) is 6.04 Å². The summed E-state index contributed by atoms with van der Waals surface area (Å²) in [5.74, 6) is 4.99. The molecule has 16 heavy (non-hydrogen) atoms. The maximum Gasteiger partial charge on any atom is 0.0159 e. The molecule has 0 aromatic rings. The van der Waals surface area contributed by atoms with E-state index in [1.165, 1.54) is 43.6 Å². The summed E-state index contributed by atoms with van der Waals surface area (Å²) in [6, 6.07) is 0.443. The van der Waals surface area contributed by atoms with Gasteiger partial charge in [0.1, 0.15) is 0 Å². The molecule has 1 saturated carbocycles. The summed E-state index contributed by atoms with van der Waals surface area (Å²) in [7, 11) is 0. The number of hydrogen-bond donors (Lipinski definition) is 1. The molecule has 1 aliphatic carbocycles. The van der Waals surface area contributed by atoms with Crippen molar-refractivity contribution in [2.45, 2.75) is 58.9 Å². The average Bonchev–Trinajstić information content (AvgIpc) is 2.28. The SMILES string of the molecule is CCC1CCCC(C(N)CSCC(C)C)C1. The molecule has 1 aliphatic rings. The fourth-order valence-electron chi connectivity index (χ4n) is 2.67. The first kappa shape index (κ1) is 14.4. The molecule has 2 heteroatoms. The predicted molar refractivity (Wildman–Crippen MR) is 75.9 cm³/mol. The molecule has 0 saturated heterocycles. The van der Waals surface area contributed by atoms with Gasteiger partial charge < -0.3 is 5.73 Å². The quantitative estimate of drug-likeness (QED) is 0.765. The minimum absolute atomic E-state index is 0.443. The van der Waals surface area contributed by atoms with E-state index in [4.69, 9.17) is 5.73 Å². The summed E-state index contributed by atoms with van der Waals surface area (Å²) >= 11 is 2.05. The van der Waals surface area contributed by atoms with E-state index in [-0.39, 0.29) is 0 Å². The first-order chi connectivity index (χ1) is 7.63. The van der Waals surface area contributed by atoms with Crippen molar-refractivity contribution in [3.8, 4) is 0 Å². The number of rotatable bonds is 6. The van der Waals surface area contributed by atoms with Crippen molar-refractivity contribution >= 4 is 11.8 Å². The highest BCUT2D eigenvalue weighted by atomic mass is 32.2. The van der Waals surface area contributed by atoms with Gasteiger partial charge in [-0.1, -0.05) is 40.0 Å². The molecule has 0 heterocycles. The van der Waals surface area contributed by atoms with Gasteiger partial charge in [0.05, 0.1) is 0 Å². The van der Waals surface area contributed by atoms with Crippen LogP contribution in [-0.2, 0) is 0 Å². The average molecular weight is 243 g/mol. The van der Waals surface area contributed by atoms with E-state index < -0.39 is 0 Å². The molecular weight excluding hydrogens is 214 g/mol. The number of hydrogen-bond acceptors (Lipinski definition) is 2. The zero-order valence-electron chi connectivity index (χ0n) is 11.2. The maximum absolute atomic E-state index is 6.33. The van der Waals surface area contributed by atoms with Crippen molar-refractivity contribution in [1.82, 2.24) is 0 Å². The Morgan fingerprint density at radius 2 is 2.00 bits per heavy atom. The lowest BCUT2D eigenvalue weighted by atomic mass is 9.77. The van der Waals surface area contributed by atoms with Crippen molar-refractivity contribution in [2.75, 3.05) is 11.5 Å². The van der Waals surface area contributed by atoms with E-state index in [1.54, 1.807) is 0 Å². The van der Waals surface area contributed by atoms with Gasteiger partial charge in [0.15, 0.2) is 0 Å². The molecule has 0 radical (unpaired) electrons. The second-order valence-corrected chi connectivity index (χ2v) is 6.87. The predicted octanol–water partition coefficient (Wildman–Crippen LogP) is 3.92. The summed E-state index contributed by atoms with van der Waals surface area (Å²) in [6.07, 6.45) is 6.97. The zero-order valence-corrected chi connectivity index (χ0v) is 12.1. The van der Waals surface area contributed by atoms with Crippen molar-refractivity contribution in [2.24, 2.45) is 23.5 Å². The van der Waals surface area contributed by atoms with Gasteiger partial charge in [0, 0.05) is 11.8 Å². The minimum Gasteiger partial charge on any atom is -0.327 e. The third kappa shape index (κ3) is 5.09. The van der Waals surface area contributed by atoms with E-state index in [1.807, 2.05) is 11.8 Å². The van der Waals surface area contributed by atoms with Crippen molar-refractivity contribution in [1.29, 1.82) is 0 Å². The van der Waals surface area contributed by atoms with Crippen LogP contribution in [0.1, 0.15) is 52.9 Å². The Morgan fingerprint density at radius 3 is 2.62 bits per heavy atom. The van der Waals surface area contributed by atoms with Gasteiger partial charge in [-0.25, -0.2) is 0 Å². The molecule has 3 atom stereocenters. The molecule has 0 aromatic carbocycles. The molecule has 3 unspecified atom stereocenters. The summed E-state index contributed by atoms with van der Waals surface area (Å²) in [4.78, 5) is 0. The first-order valence-corrected chi connectivity index (χ1v) is 8.12. The second kappa shape index (κ2) is 7.60. The Balaban J connectivity index is 2.21. The van der Waals surface area contributed by atoms with Crippen LogP contribution in [0, 0.1) is 17.8 Å². The van der Waals surface area contributed by atoms with Crippen LogP contribution in [0.15, 0.2) is 0 Å². The number of thioether (sulfide) groups is 1. The maximum atomic E-state index is 6.33. The van der Waals surface area contributed by atoms with Crippen LogP contribution >= 0.6 is 11.8 Å². The van der Waals surface area contributed by atoms with E-state index in [0.717, 1.165) is 17.8 Å². The summed E-state index contributed by atoms with van der Waals surface area (Å²) in [6.45, 7) is 6.89. The molecule has 0 amide bonds.